The molecule has 3 atom stereocenters. The first-order valence-electron chi connectivity index (χ1n) is 7.81. The van der Waals surface area contributed by atoms with Gasteiger partial charge in [-0.1, -0.05) is 53.5 Å². The van der Waals surface area contributed by atoms with Gasteiger partial charge in [0.05, 0.1) is 5.71 Å². The molecule has 1 aromatic rings. The smallest absolute Gasteiger partial charge is 0.374 e. The Bertz CT molecular complexity index is 787. The van der Waals surface area contributed by atoms with E-state index in [0.717, 1.165) is 0 Å². The van der Waals surface area contributed by atoms with Crippen LogP contribution in [0.25, 0.3) is 0 Å². The summed E-state index contributed by atoms with van der Waals surface area (Å²) in [5.41, 5.74) is 0.509. The van der Waals surface area contributed by atoms with Crippen LogP contribution < -0.4 is 11.3 Å². The molecule has 9 heteroatoms. The van der Waals surface area contributed by atoms with Crippen molar-refractivity contribution in [2.24, 2.45) is 16.9 Å². The van der Waals surface area contributed by atoms with E-state index in [1.807, 2.05) is 13.0 Å². The molecular weight excluding hydrogens is 390 g/mol. The molecule has 0 fully saturated rings. The van der Waals surface area contributed by atoms with Crippen molar-refractivity contribution < 1.29 is 18.0 Å². The third-order valence-electron chi connectivity index (χ3n) is 4.55. The number of benzene rings is 1. The number of hydrogen-bond donors (Lipinski definition) is 2. The molecule has 0 saturated carbocycles. The lowest BCUT2D eigenvalue weighted by molar-refractivity contribution is -0.275. The van der Waals surface area contributed by atoms with E-state index in [1.54, 1.807) is 12.2 Å². The summed E-state index contributed by atoms with van der Waals surface area (Å²) in [4.78, 5) is 4.98. The number of allylic oxidation sites excluding steroid dienone is 2. The Labute approximate surface area is 158 Å². The van der Waals surface area contributed by atoms with Gasteiger partial charge in [-0.25, -0.2) is 0 Å². The first kappa shape index (κ1) is 19.2. The van der Waals surface area contributed by atoms with Crippen LogP contribution in [0.15, 0.2) is 47.2 Å². The van der Waals surface area contributed by atoms with E-state index in [1.165, 1.54) is 18.2 Å². The molecule has 1 heterocycles. The number of hydrogen-bond acceptors (Lipinski definition) is 4. The van der Waals surface area contributed by atoms with Gasteiger partial charge in [-0.2, -0.15) is 13.2 Å². The van der Waals surface area contributed by atoms with Crippen LogP contribution >= 0.6 is 23.2 Å². The highest BCUT2D eigenvalue weighted by molar-refractivity contribution is 6.34. The molecule has 26 heavy (non-hydrogen) atoms. The lowest BCUT2D eigenvalue weighted by atomic mass is 9.84. The first-order chi connectivity index (χ1) is 12.2. The topological polar surface area (TPSA) is 59.6 Å². The standard InChI is InChI=1S/C17H16Cl2F3N3O/c1-9-2-3-10(4-14(9)24-23)15-8-16(26-25-15,17(20,21)22)11-5-12(18)7-13(19)6-11/h2-7,9,14,24H,8,23H2,1H3. The summed E-state index contributed by atoms with van der Waals surface area (Å²) in [6.07, 6.45) is 0.105. The average Bonchev–Trinajstić information content (AvgIpc) is 3.01. The molecule has 0 aromatic heterocycles. The van der Waals surface area contributed by atoms with Gasteiger partial charge in [0, 0.05) is 28.1 Å². The maximum Gasteiger partial charge on any atom is 0.435 e. The van der Waals surface area contributed by atoms with Crippen LogP contribution in [0.3, 0.4) is 0 Å². The summed E-state index contributed by atoms with van der Waals surface area (Å²) in [6.45, 7) is 1.94. The van der Waals surface area contributed by atoms with Gasteiger partial charge in [0.1, 0.15) is 0 Å². The highest BCUT2D eigenvalue weighted by Gasteiger charge is 2.62. The Morgan fingerprint density at radius 1 is 1.27 bits per heavy atom. The number of nitrogens with zero attached hydrogens (tertiary/aromatic N) is 1. The molecule has 3 rings (SSSR count). The molecule has 0 spiro atoms. The summed E-state index contributed by atoms with van der Waals surface area (Å²) < 4.78 is 41.9. The maximum absolute atomic E-state index is 14.0. The molecule has 0 amide bonds. The minimum Gasteiger partial charge on any atom is -0.374 e. The van der Waals surface area contributed by atoms with E-state index in [9.17, 15) is 13.2 Å². The Morgan fingerprint density at radius 2 is 1.92 bits per heavy atom. The predicted molar refractivity (Wildman–Crippen MR) is 94.8 cm³/mol. The van der Waals surface area contributed by atoms with Gasteiger partial charge in [0.2, 0.25) is 0 Å². The molecule has 1 aromatic carbocycles. The Morgan fingerprint density at radius 3 is 2.50 bits per heavy atom. The second kappa shape index (κ2) is 6.88. The van der Waals surface area contributed by atoms with Crippen molar-refractivity contribution in [1.29, 1.82) is 0 Å². The number of nitrogens with one attached hydrogen (secondary N) is 1. The number of halogens is 5. The van der Waals surface area contributed by atoms with Crippen molar-refractivity contribution in [3.05, 3.63) is 57.6 Å². The summed E-state index contributed by atoms with van der Waals surface area (Å²) in [6, 6.07) is 3.53. The Kier molecular flexibility index (Phi) is 5.09. The van der Waals surface area contributed by atoms with Crippen LogP contribution in [0.1, 0.15) is 18.9 Å². The van der Waals surface area contributed by atoms with Crippen LogP contribution in [-0.2, 0) is 10.4 Å². The fourth-order valence-corrected chi connectivity index (χ4v) is 3.54. The van der Waals surface area contributed by atoms with Gasteiger partial charge in [-0.3, -0.25) is 11.3 Å². The molecule has 2 aliphatic rings. The van der Waals surface area contributed by atoms with E-state index in [2.05, 4.69) is 10.6 Å². The number of alkyl halides is 3. The van der Waals surface area contributed by atoms with Crippen molar-refractivity contribution in [1.82, 2.24) is 5.43 Å². The fourth-order valence-electron chi connectivity index (χ4n) is 3.01. The van der Waals surface area contributed by atoms with E-state index >= 15 is 0 Å². The zero-order valence-corrected chi connectivity index (χ0v) is 15.2. The van der Waals surface area contributed by atoms with Crippen LogP contribution in [-0.4, -0.2) is 17.9 Å². The summed E-state index contributed by atoms with van der Waals surface area (Å²) in [5, 5.41) is 3.91. The first-order valence-corrected chi connectivity index (χ1v) is 8.57. The SMILES string of the molecule is CC1C=CC(C2=NOC(c3cc(Cl)cc(Cl)c3)(C(F)(F)F)C2)=CC1NN. The average molecular weight is 406 g/mol. The lowest BCUT2D eigenvalue weighted by Crippen LogP contribution is -2.43. The van der Waals surface area contributed by atoms with E-state index < -0.39 is 18.2 Å². The summed E-state index contributed by atoms with van der Waals surface area (Å²) >= 11 is 11.8. The van der Waals surface area contributed by atoms with Crippen molar-refractivity contribution in [2.75, 3.05) is 0 Å². The molecule has 1 aliphatic heterocycles. The highest BCUT2D eigenvalue weighted by Crippen LogP contribution is 2.50. The summed E-state index contributed by atoms with van der Waals surface area (Å²) in [7, 11) is 0. The molecule has 4 nitrogen and oxygen atoms in total. The molecular formula is C17H16Cl2F3N3O. The fraction of sp³-hybridized carbons (Fsp3) is 0.353. The van der Waals surface area contributed by atoms with Gasteiger partial charge < -0.3 is 4.84 Å². The van der Waals surface area contributed by atoms with Gasteiger partial charge in [-0.05, 0) is 29.7 Å². The Balaban J connectivity index is 1.98. The third-order valence-corrected chi connectivity index (χ3v) is 4.98. The van der Waals surface area contributed by atoms with Gasteiger partial charge in [0.15, 0.2) is 0 Å². The van der Waals surface area contributed by atoms with Crippen LogP contribution in [0.4, 0.5) is 13.2 Å². The van der Waals surface area contributed by atoms with Gasteiger partial charge in [0.25, 0.3) is 5.60 Å². The minimum atomic E-state index is -4.72. The quantitative estimate of drug-likeness (QED) is 0.575. The van der Waals surface area contributed by atoms with Crippen molar-refractivity contribution in [2.45, 2.75) is 31.2 Å². The van der Waals surface area contributed by atoms with E-state index in [4.69, 9.17) is 33.9 Å². The molecule has 3 N–H and O–H groups in total. The predicted octanol–water partition coefficient (Wildman–Crippen LogP) is 4.49. The van der Waals surface area contributed by atoms with E-state index in [-0.39, 0.29) is 33.3 Å². The number of rotatable bonds is 3. The molecule has 0 radical (unpaired) electrons. The third kappa shape index (κ3) is 3.36. The van der Waals surface area contributed by atoms with E-state index in [0.29, 0.717) is 5.57 Å². The maximum atomic E-state index is 14.0. The minimum absolute atomic E-state index is 0.0890. The summed E-state index contributed by atoms with van der Waals surface area (Å²) in [5.74, 6) is 5.60. The number of nitrogens with two attached hydrogens (primary N) is 1. The lowest BCUT2D eigenvalue weighted by Gasteiger charge is -2.30. The normalized spacial score (nSPS) is 28.6. The molecule has 1 aliphatic carbocycles. The number of hydrazine groups is 1. The van der Waals surface area contributed by atoms with Crippen molar-refractivity contribution >= 4 is 28.9 Å². The number of oxime groups is 1. The van der Waals surface area contributed by atoms with Gasteiger partial charge >= 0.3 is 6.18 Å². The zero-order valence-electron chi connectivity index (χ0n) is 13.6. The molecule has 3 unspecified atom stereocenters. The Hall–Kier alpha value is -1.54. The van der Waals surface area contributed by atoms with Gasteiger partial charge in [-0.15, -0.1) is 0 Å². The second-order valence-corrected chi connectivity index (χ2v) is 7.19. The monoisotopic (exact) mass is 405 g/mol. The largest absolute Gasteiger partial charge is 0.435 e. The zero-order chi connectivity index (χ0) is 19.1. The second-order valence-electron chi connectivity index (χ2n) is 6.32. The molecule has 0 saturated heterocycles. The van der Waals surface area contributed by atoms with Crippen LogP contribution in [0.5, 0.6) is 0 Å². The van der Waals surface area contributed by atoms with Crippen LogP contribution in [0.2, 0.25) is 10.0 Å². The van der Waals surface area contributed by atoms with Crippen molar-refractivity contribution in [3.63, 3.8) is 0 Å². The molecule has 0 bridgehead atoms. The van der Waals surface area contributed by atoms with Crippen LogP contribution in [0, 0.1) is 5.92 Å². The molecule has 140 valence electrons. The highest BCUT2D eigenvalue weighted by atomic mass is 35.5. The van der Waals surface area contributed by atoms with Crippen molar-refractivity contribution in [3.8, 4) is 0 Å².